The third-order valence-corrected chi connectivity index (χ3v) is 8.77. The summed E-state index contributed by atoms with van der Waals surface area (Å²) in [5.74, 6) is 0. The number of rotatable bonds is 9. The first-order chi connectivity index (χ1) is 15.3. The Morgan fingerprint density at radius 3 is 1.58 bits per heavy atom. The van der Waals surface area contributed by atoms with Gasteiger partial charge < -0.3 is 4.53 Å². The second-order valence-electron chi connectivity index (χ2n) is 7.63. The maximum atomic E-state index is 6.49. The van der Waals surface area contributed by atoms with E-state index in [1.165, 1.54) is 16.7 Å². The Bertz CT molecular complexity index is 973. The lowest BCUT2D eigenvalue weighted by atomic mass is 10.2. The summed E-state index contributed by atoms with van der Waals surface area (Å²) in [6.07, 6.45) is 6.65. The topological polar surface area (TPSA) is 47.4 Å². The Morgan fingerprint density at radius 2 is 1.16 bits per heavy atom. The molecule has 1 aromatic heterocycles. The van der Waals surface area contributed by atoms with E-state index in [4.69, 9.17) is 4.53 Å². The Labute approximate surface area is 184 Å². The molecule has 4 nitrogen and oxygen atoms in total. The number of aromatic nitrogens is 2. The zero-order chi connectivity index (χ0) is 21.2. The van der Waals surface area contributed by atoms with Gasteiger partial charge in [-0.25, -0.2) is 0 Å². The van der Waals surface area contributed by atoms with Gasteiger partial charge in [-0.2, -0.15) is 0 Å². The summed E-state index contributed by atoms with van der Waals surface area (Å²) >= 11 is 0. The summed E-state index contributed by atoms with van der Waals surface area (Å²) < 4.78 is 6.49. The molecular formula is C26H25N3OSi. The number of hydrogen-bond acceptors (Lipinski definition) is 4. The fourth-order valence-corrected chi connectivity index (χ4v) is 7.54. The summed E-state index contributed by atoms with van der Waals surface area (Å²) in [5, 5.41) is 4.44. The minimum absolute atomic E-state index is 0.685. The first-order valence-corrected chi connectivity index (χ1v) is 12.9. The molecular weight excluding hydrogens is 398 g/mol. The number of oxime groups is 1. The van der Waals surface area contributed by atoms with Crippen molar-refractivity contribution in [3.8, 4) is 0 Å². The van der Waals surface area contributed by atoms with E-state index in [-0.39, 0.29) is 0 Å². The van der Waals surface area contributed by atoms with Crippen molar-refractivity contribution in [1.29, 1.82) is 0 Å². The van der Waals surface area contributed by atoms with Gasteiger partial charge in [-0.05, 0) is 16.7 Å². The van der Waals surface area contributed by atoms with E-state index in [0.29, 0.717) is 5.69 Å². The van der Waals surface area contributed by atoms with Crippen LogP contribution < -0.4 is 0 Å². The van der Waals surface area contributed by atoms with Gasteiger partial charge in [0.2, 0.25) is 0 Å². The molecule has 31 heavy (non-hydrogen) atoms. The van der Waals surface area contributed by atoms with Gasteiger partial charge in [0, 0.05) is 30.5 Å². The van der Waals surface area contributed by atoms with Gasteiger partial charge in [0.25, 0.3) is 8.32 Å². The predicted molar refractivity (Wildman–Crippen MR) is 127 cm³/mol. The van der Waals surface area contributed by atoms with Gasteiger partial charge in [0.15, 0.2) is 0 Å². The Hall–Kier alpha value is -3.57. The van der Waals surface area contributed by atoms with E-state index in [0.717, 1.165) is 18.1 Å². The van der Waals surface area contributed by atoms with Gasteiger partial charge in [-0.15, -0.1) is 5.16 Å². The Balaban J connectivity index is 1.69. The van der Waals surface area contributed by atoms with Gasteiger partial charge in [0.1, 0.15) is 5.69 Å². The molecule has 4 aromatic rings. The van der Waals surface area contributed by atoms with Gasteiger partial charge >= 0.3 is 0 Å². The quantitative estimate of drug-likeness (QED) is 0.213. The molecule has 0 bridgehead atoms. The molecule has 0 atom stereocenters. The molecule has 3 aromatic carbocycles. The molecule has 5 heteroatoms. The highest BCUT2D eigenvalue weighted by Gasteiger charge is 2.39. The van der Waals surface area contributed by atoms with E-state index in [1.807, 2.05) is 18.2 Å². The van der Waals surface area contributed by atoms with Crippen molar-refractivity contribution in [2.24, 2.45) is 5.16 Å². The lowest BCUT2D eigenvalue weighted by Crippen LogP contribution is -2.46. The Kier molecular flexibility index (Phi) is 6.98. The highest BCUT2D eigenvalue weighted by atomic mass is 28.4. The Morgan fingerprint density at radius 1 is 0.677 bits per heavy atom. The minimum Gasteiger partial charge on any atom is -0.454 e. The number of nitrogens with zero attached hydrogens (tertiary/aromatic N) is 3. The molecule has 0 aliphatic carbocycles. The van der Waals surface area contributed by atoms with Crippen molar-refractivity contribution in [1.82, 2.24) is 9.97 Å². The first-order valence-electron chi connectivity index (χ1n) is 10.4. The van der Waals surface area contributed by atoms with E-state index in [9.17, 15) is 0 Å². The van der Waals surface area contributed by atoms with E-state index >= 15 is 0 Å². The van der Waals surface area contributed by atoms with Crippen LogP contribution in [0.4, 0.5) is 0 Å². The lowest BCUT2D eigenvalue weighted by Gasteiger charge is -2.29. The molecule has 0 spiro atoms. The molecule has 0 saturated heterocycles. The molecule has 0 fully saturated rings. The maximum Gasteiger partial charge on any atom is 0.300 e. The summed E-state index contributed by atoms with van der Waals surface area (Å²) in [7, 11) is -2.42. The zero-order valence-electron chi connectivity index (χ0n) is 17.3. The average molecular weight is 424 g/mol. The highest BCUT2D eigenvalue weighted by Crippen LogP contribution is 2.24. The molecule has 0 amide bonds. The van der Waals surface area contributed by atoms with Gasteiger partial charge in [0.05, 0.1) is 12.4 Å². The van der Waals surface area contributed by atoms with Crippen LogP contribution in [0.15, 0.2) is 115 Å². The third-order valence-electron chi connectivity index (χ3n) is 5.12. The van der Waals surface area contributed by atoms with Crippen LogP contribution in [0.3, 0.4) is 0 Å². The van der Waals surface area contributed by atoms with Gasteiger partial charge in [-0.1, -0.05) is 91.0 Å². The summed E-state index contributed by atoms with van der Waals surface area (Å²) in [5.41, 5.74) is 4.51. The van der Waals surface area contributed by atoms with E-state index in [1.54, 1.807) is 24.8 Å². The van der Waals surface area contributed by atoms with Crippen LogP contribution in [-0.4, -0.2) is 24.5 Å². The number of benzene rings is 3. The molecule has 4 rings (SSSR count). The second kappa shape index (κ2) is 10.5. The first kappa shape index (κ1) is 20.7. The van der Waals surface area contributed by atoms with Crippen LogP contribution in [0.5, 0.6) is 0 Å². The monoisotopic (exact) mass is 423 g/mol. The SMILES string of the molecule is C(=NO[Si](Cc1ccccc1)(Cc1ccccc1)Cc1ccccc1)c1cnccn1. The van der Waals surface area contributed by atoms with Gasteiger partial charge in [-0.3, -0.25) is 9.97 Å². The van der Waals surface area contributed by atoms with Crippen molar-refractivity contribution < 1.29 is 4.53 Å². The third kappa shape index (κ3) is 6.20. The smallest absolute Gasteiger partial charge is 0.300 e. The van der Waals surface area contributed by atoms with Crippen LogP contribution in [0, 0.1) is 0 Å². The van der Waals surface area contributed by atoms with Crippen LogP contribution in [-0.2, 0) is 22.7 Å². The van der Waals surface area contributed by atoms with Crippen LogP contribution >= 0.6 is 0 Å². The standard InChI is InChI=1S/C26H25N3OSi/c1-4-10-23(11-5-1)20-31(21-24-12-6-2-7-13-24,22-25-14-8-3-9-15-25)30-29-19-26-18-27-16-17-28-26/h1-19H,20-22H2. The predicted octanol–water partition coefficient (Wildman–Crippen LogP) is 5.12. The van der Waals surface area contributed by atoms with Crippen molar-refractivity contribution in [2.45, 2.75) is 18.1 Å². The molecule has 0 saturated carbocycles. The summed E-state index contributed by atoms with van der Waals surface area (Å²) in [6, 6.07) is 34.3. The highest BCUT2D eigenvalue weighted by molar-refractivity contribution is 6.72. The van der Waals surface area contributed by atoms with E-state index in [2.05, 4.69) is 87.9 Å². The maximum absolute atomic E-state index is 6.49. The van der Waals surface area contributed by atoms with Crippen molar-refractivity contribution in [3.05, 3.63) is 132 Å². The van der Waals surface area contributed by atoms with E-state index < -0.39 is 8.32 Å². The van der Waals surface area contributed by atoms with Crippen LogP contribution in [0.1, 0.15) is 22.4 Å². The van der Waals surface area contributed by atoms with Crippen molar-refractivity contribution in [3.63, 3.8) is 0 Å². The molecule has 0 aliphatic heterocycles. The van der Waals surface area contributed by atoms with Crippen LogP contribution in [0.25, 0.3) is 0 Å². The zero-order valence-corrected chi connectivity index (χ0v) is 18.3. The van der Waals surface area contributed by atoms with Crippen molar-refractivity contribution >= 4 is 14.5 Å². The fourth-order valence-electron chi connectivity index (χ4n) is 3.76. The molecule has 0 aliphatic rings. The summed E-state index contributed by atoms with van der Waals surface area (Å²) in [6.45, 7) is 0. The minimum atomic E-state index is -2.42. The molecule has 0 radical (unpaired) electrons. The molecule has 0 N–H and O–H groups in total. The van der Waals surface area contributed by atoms with Crippen LogP contribution in [0.2, 0.25) is 0 Å². The fraction of sp³-hybridized carbons (Fsp3) is 0.115. The van der Waals surface area contributed by atoms with Crippen molar-refractivity contribution in [2.75, 3.05) is 0 Å². The molecule has 0 unspecified atom stereocenters. The molecule has 1 heterocycles. The second-order valence-corrected chi connectivity index (χ2v) is 11.2. The average Bonchev–Trinajstić information content (AvgIpc) is 2.82. The normalized spacial score (nSPS) is 11.5. The lowest BCUT2D eigenvalue weighted by molar-refractivity contribution is 0.319. The largest absolute Gasteiger partial charge is 0.454 e. The summed E-state index contributed by atoms with van der Waals surface area (Å²) in [4.78, 5) is 8.38. The molecule has 154 valence electrons. The number of hydrogen-bond donors (Lipinski definition) is 0.